The van der Waals surface area contributed by atoms with Gasteiger partial charge >= 0.3 is 0 Å². The Kier molecular flexibility index (Phi) is 7.04. The Morgan fingerprint density at radius 3 is 2.62 bits per heavy atom. The van der Waals surface area contributed by atoms with Crippen molar-refractivity contribution in [3.8, 4) is 0 Å². The molecule has 1 saturated heterocycles. The SMILES string of the molecule is CSCCCCCNC1CC(=O)N(C2CCCCC2)C1=O. The Bertz CT molecular complexity index is 356. The van der Waals surface area contributed by atoms with Gasteiger partial charge in [-0.25, -0.2) is 0 Å². The van der Waals surface area contributed by atoms with Crippen LogP contribution in [0.4, 0.5) is 0 Å². The van der Waals surface area contributed by atoms with Crippen molar-refractivity contribution in [2.75, 3.05) is 18.6 Å². The van der Waals surface area contributed by atoms with Crippen molar-refractivity contribution >= 4 is 23.6 Å². The summed E-state index contributed by atoms with van der Waals surface area (Å²) in [4.78, 5) is 26.1. The number of carbonyl (C=O) groups excluding carboxylic acids is 2. The van der Waals surface area contributed by atoms with Gasteiger partial charge in [-0.1, -0.05) is 25.7 Å². The third-order valence-corrected chi connectivity index (χ3v) is 5.24. The quantitative estimate of drug-likeness (QED) is 0.553. The van der Waals surface area contributed by atoms with E-state index in [0.29, 0.717) is 6.42 Å². The van der Waals surface area contributed by atoms with Crippen molar-refractivity contribution in [2.24, 2.45) is 0 Å². The molecular formula is C16H28N2O2S. The Morgan fingerprint density at radius 2 is 1.90 bits per heavy atom. The lowest BCUT2D eigenvalue weighted by Gasteiger charge is -2.29. The molecule has 1 atom stereocenters. The molecule has 1 saturated carbocycles. The van der Waals surface area contributed by atoms with E-state index in [2.05, 4.69) is 11.6 Å². The molecule has 0 aromatic heterocycles. The highest BCUT2D eigenvalue weighted by molar-refractivity contribution is 7.98. The molecule has 1 aliphatic carbocycles. The van der Waals surface area contributed by atoms with Gasteiger partial charge in [0.25, 0.3) is 0 Å². The number of thioether (sulfide) groups is 1. The highest BCUT2D eigenvalue weighted by Crippen LogP contribution is 2.27. The van der Waals surface area contributed by atoms with Crippen molar-refractivity contribution in [1.82, 2.24) is 10.2 Å². The molecule has 1 N–H and O–H groups in total. The zero-order valence-corrected chi connectivity index (χ0v) is 13.9. The molecule has 21 heavy (non-hydrogen) atoms. The Labute approximate surface area is 132 Å². The van der Waals surface area contributed by atoms with Gasteiger partial charge in [0.15, 0.2) is 0 Å². The Balaban J connectivity index is 1.73. The number of hydrogen-bond acceptors (Lipinski definition) is 4. The monoisotopic (exact) mass is 312 g/mol. The van der Waals surface area contributed by atoms with Crippen molar-refractivity contribution in [3.63, 3.8) is 0 Å². The second kappa shape index (κ2) is 8.79. The summed E-state index contributed by atoms with van der Waals surface area (Å²) in [5.41, 5.74) is 0. The van der Waals surface area contributed by atoms with E-state index >= 15 is 0 Å². The smallest absolute Gasteiger partial charge is 0.247 e. The minimum Gasteiger partial charge on any atom is -0.305 e. The summed E-state index contributed by atoms with van der Waals surface area (Å²) in [5.74, 6) is 1.26. The maximum absolute atomic E-state index is 12.4. The van der Waals surface area contributed by atoms with Gasteiger partial charge in [0.2, 0.25) is 11.8 Å². The third kappa shape index (κ3) is 4.71. The molecule has 5 heteroatoms. The molecule has 2 aliphatic rings. The maximum Gasteiger partial charge on any atom is 0.247 e. The molecule has 0 aromatic rings. The Morgan fingerprint density at radius 1 is 1.14 bits per heavy atom. The molecule has 1 aliphatic heterocycles. The minimum atomic E-state index is -0.264. The van der Waals surface area contributed by atoms with Gasteiger partial charge < -0.3 is 5.32 Å². The van der Waals surface area contributed by atoms with Crippen LogP contribution < -0.4 is 5.32 Å². The molecule has 2 amide bonds. The summed E-state index contributed by atoms with van der Waals surface area (Å²) in [6.45, 7) is 0.844. The number of unbranched alkanes of at least 4 members (excludes halogenated alkanes) is 2. The molecule has 2 fully saturated rings. The lowest BCUT2D eigenvalue weighted by Crippen LogP contribution is -2.44. The van der Waals surface area contributed by atoms with E-state index < -0.39 is 0 Å². The van der Waals surface area contributed by atoms with Gasteiger partial charge in [-0.15, -0.1) is 0 Å². The second-order valence-corrected chi connectivity index (χ2v) is 7.14. The van der Waals surface area contributed by atoms with E-state index in [9.17, 15) is 9.59 Å². The first-order valence-electron chi connectivity index (χ1n) is 8.32. The zero-order chi connectivity index (χ0) is 15.1. The van der Waals surface area contributed by atoms with Crippen LogP contribution in [0.15, 0.2) is 0 Å². The Hall–Kier alpha value is -0.550. The highest BCUT2D eigenvalue weighted by atomic mass is 32.2. The van der Waals surface area contributed by atoms with Crippen LogP contribution in [0.5, 0.6) is 0 Å². The summed E-state index contributed by atoms with van der Waals surface area (Å²) >= 11 is 1.88. The van der Waals surface area contributed by atoms with Crippen molar-refractivity contribution < 1.29 is 9.59 Å². The largest absolute Gasteiger partial charge is 0.305 e. The normalized spacial score (nSPS) is 24.0. The number of nitrogens with zero attached hydrogens (tertiary/aromatic N) is 1. The molecule has 2 rings (SSSR count). The number of likely N-dealkylation sites (tertiary alicyclic amines) is 1. The van der Waals surface area contributed by atoms with Gasteiger partial charge in [0.1, 0.15) is 0 Å². The van der Waals surface area contributed by atoms with Crippen LogP contribution in [0.3, 0.4) is 0 Å². The van der Waals surface area contributed by atoms with Crippen LogP contribution in [0.2, 0.25) is 0 Å². The van der Waals surface area contributed by atoms with Crippen molar-refractivity contribution in [3.05, 3.63) is 0 Å². The molecule has 0 aromatic carbocycles. The fourth-order valence-corrected chi connectivity index (χ4v) is 3.85. The van der Waals surface area contributed by atoms with E-state index in [4.69, 9.17) is 0 Å². The van der Waals surface area contributed by atoms with Gasteiger partial charge in [0, 0.05) is 6.04 Å². The number of nitrogens with one attached hydrogen (secondary N) is 1. The van der Waals surface area contributed by atoms with E-state index in [1.54, 1.807) is 4.90 Å². The first-order chi connectivity index (χ1) is 10.2. The van der Waals surface area contributed by atoms with E-state index in [1.165, 1.54) is 25.0 Å². The minimum absolute atomic E-state index is 0.0241. The van der Waals surface area contributed by atoms with Crippen LogP contribution in [0.1, 0.15) is 57.8 Å². The topological polar surface area (TPSA) is 49.4 Å². The molecule has 4 nitrogen and oxygen atoms in total. The number of hydrogen-bond donors (Lipinski definition) is 1. The number of imide groups is 1. The first-order valence-corrected chi connectivity index (χ1v) is 9.71. The number of carbonyl (C=O) groups is 2. The van der Waals surface area contributed by atoms with Crippen LogP contribution in [0.25, 0.3) is 0 Å². The van der Waals surface area contributed by atoms with Crippen molar-refractivity contribution in [2.45, 2.75) is 69.9 Å². The molecule has 0 bridgehead atoms. The zero-order valence-electron chi connectivity index (χ0n) is 13.1. The summed E-state index contributed by atoms with van der Waals surface area (Å²) in [6, 6.07) is -0.0906. The number of amides is 2. The van der Waals surface area contributed by atoms with Gasteiger partial charge in [-0.3, -0.25) is 14.5 Å². The van der Waals surface area contributed by atoms with E-state index in [0.717, 1.165) is 38.6 Å². The molecule has 120 valence electrons. The predicted molar refractivity (Wildman–Crippen MR) is 87.4 cm³/mol. The van der Waals surface area contributed by atoms with Crippen LogP contribution in [-0.2, 0) is 9.59 Å². The van der Waals surface area contributed by atoms with Crippen molar-refractivity contribution in [1.29, 1.82) is 0 Å². The fourth-order valence-electron chi connectivity index (χ4n) is 3.36. The molecule has 0 spiro atoms. The molecular weight excluding hydrogens is 284 g/mol. The van der Waals surface area contributed by atoms with Crippen LogP contribution >= 0.6 is 11.8 Å². The fraction of sp³-hybridized carbons (Fsp3) is 0.875. The summed E-state index contributed by atoms with van der Waals surface area (Å²) in [6.07, 6.45) is 11.5. The average Bonchev–Trinajstić information content (AvgIpc) is 2.78. The maximum atomic E-state index is 12.4. The first kappa shape index (κ1) is 16.8. The summed E-state index contributed by atoms with van der Waals surface area (Å²) in [7, 11) is 0. The molecule has 0 radical (unpaired) electrons. The molecule has 1 heterocycles. The van der Waals surface area contributed by atoms with Gasteiger partial charge in [-0.05, 0) is 44.2 Å². The lowest BCUT2D eigenvalue weighted by atomic mass is 9.94. The average molecular weight is 312 g/mol. The molecule has 1 unspecified atom stereocenters. The lowest BCUT2D eigenvalue weighted by molar-refractivity contribution is -0.142. The standard InChI is InChI=1S/C16H28N2O2S/c1-21-11-7-3-6-10-17-14-12-15(19)18(16(14)20)13-8-4-2-5-9-13/h13-14,17H,2-12H2,1H3. The summed E-state index contributed by atoms with van der Waals surface area (Å²) in [5, 5.41) is 3.29. The van der Waals surface area contributed by atoms with Crippen LogP contribution in [0, 0.1) is 0 Å². The van der Waals surface area contributed by atoms with Gasteiger partial charge in [-0.2, -0.15) is 11.8 Å². The van der Waals surface area contributed by atoms with Gasteiger partial charge in [0.05, 0.1) is 12.5 Å². The second-order valence-electron chi connectivity index (χ2n) is 6.16. The van der Waals surface area contributed by atoms with Crippen LogP contribution in [-0.4, -0.2) is 47.4 Å². The summed E-state index contributed by atoms with van der Waals surface area (Å²) < 4.78 is 0. The van der Waals surface area contributed by atoms with E-state index in [1.807, 2.05) is 11.8 Å². The third-order valence-electron chi connectivity index (χ3n) is 4.54. The predicted octanol–water partition coefficient (Wildman–Crippen LogP) is 2.57. The van der Waals surface area contributed by atoms with E-state index in [-0.39, 0.29) is 23.9 Å². The highest BCUT2D eigenvalue weighted by Gasteiger charge is 2.41. The number of rotatable bonds is 8.